The van der Waals surface area contributed by atoms with Gasteiger partial charge in [0.05, 0.1) is 12.7 Å². The van der Waals surface area contributed by atoms with E-state index in [1.807, 2.05) is 55.5 Å². The molecule has 1 aliphatic heterocycles. The molecular formula is C21H25NO3. The van der Waals surface area contributed by atoms with Gasteiger partial charge in [0, 0.05) is 13.1 Å². The van der Waals surface area contributed by atoms with Crippen molar-refractivity contribution in [2.45, 2.75) is 38.5 Å². The molecule has 2 aromatic rings. The molecule has 2 unspecified atom stereocenters. The van der Waals surface area contributed by atoms with Gasteiger partial charge in [-0.2, -0.15) is 0 Å². The minimum atomic E-state index is -0.585. The quantitative estimate of drug-likeness (QED) is 0.880. The highest BCUT2D eigenvalue weighted by Crippen LogP contribution is 2.29. The number of amides is 1. The molecule has 1 heterocycles. The van der Waals surface area contributed by atoms with E-state index in [0.717, 1.165) is 17.5 Å². The van der Waals surface area contributed by atoms with Crippen molar-refractivity contribution in [3.8, 4) is 0 Å². The summed E-state index contributed by atoms with van der Waals surface area (Å²) in [6.45, 7) is 3.25. The highest BCUT2D eigenvalue weighted by Gasteiger charge is 2.31. The minimum Gasteiger partial charge on any atom is -0.391 e. The highest BCUT2D eigenvalue weighted by atomic mass is 16.5. The molecule has 0 fully saturated rings. The van der Waals surface area contributed by atoms with Gasteiger partial charge in [-0.25, -0.2) is 0 Å². The third-order valence-electron chi connectivity index (χ3n) is 4.65. The molecule has 2 aromatic carbocycles. The van der Waals surface area contributed by atoms with Crippen LogP contribution in [-0.2, 0) is 22.5 Å². The second-order valence-corrected chi connectivity index (χ2v) is 6.47. The van der Waals surface area contributed by atoms with Crippen LogP contribution >= 0.6 is 0 Å². The van der Waals surface area contributed by atoms with E-state index >= 15 is 0 Å². The summed E-state index contributed by atoms with van der Waals surface area (Å²) in [4.78, 5) is 14.9. The van der Waals surface area contributed by atoms with Gasteiger partial charge in [-0.05, 0) is 29.5 Å². The monoisotopic (exact) mass is 339 g/mol. The zero-order chi connectivity index (χ0) is 17.6. The molecule has 4 nitrogen and oxygen atoms in total. The van der Waals surface area contributed by atoms with Crippen LogP contribution in [0.3, 0.4) is 0 Å². The van der Waals surface area contributed by atoms with Crippen LogP contribution in [0.2, 0.25) is 0 Å². The average molecular weight is 339 g/mol. The summed E-state index contributed by atoms with van der Waals surface area (Å²) in [5.41, 5.74) is 3.16. The van der Waals surface area contributed by atoms with Crippen molar-refractivity contribution in [2.75, 3.05) is 13.2 Å². The Labute approximate surface area is 149 Å². The summed E-state index contributed by atoms with van der Waals surface area (Å²) >= 11 is 0. The number of rotatable bonds is 6. The summed E-state index contributed by atoms with van der Waals surface area (Å²) in [6, 6.07) is 17.8. The maximum atomic E-state index is 13.2. The number of benzene rings is 2. The molecule has 0 aromatic heterocycles. The summed E-state index contributed by atoms with van der Waals surface area (Å²) in [5.74, 6) is -0.0801. The standard InChI is InChI=1S/C21H25NO3/c1-2-18(23)15-22(14-16-8-4-3-5-9-16)21(24)20-19-11-7-6-10-17(19)12-13-25-20/h3-11,18,20,23H,2,12-15H2,1H3. The van der Waals surface area contributed by atoms with Gasteiger partial charge in [-0.15, -0.1) is 0 Å². The molecule has 0 aliphatic carbocycles. The summed E-state index contributed by atoms with van der Waals surface area (Å²) in [5, 5.41) is 10.1. The second-order valence-electron chi connectivity index (χ2n) is 6.47. The smallest absolute Gasteiger partial charge is 0.256 e. The van der Waals surface area contributed by atoms with Gasteiger partial charge in [-0.1, -0.05) is 61.5 Å². The summed E-state index contributed by atoms with van der Waals surface area (Å²) in [6.07, 6.45) is 0.320. The summed E-state index contributed by atoms with van der Waals surface area (Å²) < 4.78 is 5.83. The first-order valence-corrected chi connectivity index (χ1v) is 8.89. The number of carbonyl (C=O) groups excluding carboxylic acids is 1. The Morgan fingerprint density at radius 1 is 1.20 bits per heavy atom. The Morgan fingerprint density at radius 3 is 2.68 bits per heavy atom. The van der Waals surface area contributed by atoms with E-state index in [-0.39, 0.29) is 5.91 Å². The molecule has 132 valence electrons. The Balaban J connectivity index is 1.84. The van der Waals surface area contributed by atoms with Crippen molar-refractivity contribution in [3.63, 3.8) is 0 Å². The molecule has 25 heavy (non-hydrogen) atoms. The fourth-order valence-corrected chi connectivity index (χ4v) is 3.18. The van der Waals surface area contributed by atoms with E-state index in [9.17, 15) is 9.90 Å². The van der Waals surface area contributed by atoms with Crippen LogP contribution in [0.1, 0.15) is 36.1 Å². The molecule has 1 amide bonds. The van der Waals surface area contributed by atoms with Crippen LogP contribution in [0.5, 0.6) is 0 Å². The molecule has 4 heteroatoms. The van der Waals surface area contributed by atoms with Crippen molar-refractivity contribution in [1.82, 2.24) is 4.90 Å². The lowest BCUT2D eigenvalue weighted by Gasteiger charge is -2.32. The van der Waals surface area contributed by atoms with E-state index in [0.29, 0.717) is 26.1 Å². The van der Waals surface area contributed by atoms with Crippen LogP contribution < -0.4 is 0 Å². The number of aliphatic hydroxyl groups excluding tert-OH is 1. The SMILES string of the molecule is CCC(O)CN(Cc1ccccc1)C(=O)C1OCCc2ccccc21. The van der Waals surface area contributed by atoms with Gasteiger partial charge in [0.15, 0.2) is 6.10 Å². The Bertz CT molecular complexity index is 701. The van der Waals surface area contributed by atoms with Crippen LogP contribution in [0.25, 0.3) is 0 Å². The van der Waals surface area contributed by atoms with E-state index in [2.05, 4.69) is 6.07 Å². The van der Waals surface area contributed by atoms with Crippen molar-refractivity contribution < 1.29 is 14.6 Å². The van der Waals surface area contributed by atoms with Gasteiger partial charge in [0.1, 0.15) is 0 Å². The number of nitrogens with zero attached hydrogens (tertiary/aromatic N) is 1. The molecular weight excluding hydrogens is 314 g/mol. The van der Waals surface area contributed by atoms with Crippen molar-refractivity contribution in [1.29, 1.82) is 0 Å². The topological polar surface area (TPSA) is 49.8 Å². The number of fused-ring (bicyclic) bond motifs is 1. The van der Waals surface area contributed by atoms with E-state index in [4.69, 9.17) is 4.74 Å². The predicted octanol–water partition coefficient (Wildman–Crippen LogP) is 3.10. The van der Waals surface area contributed by atoms with E-state index in [1.165, 1.54) is 5.56 Å². The number of carbonyl (C=O) groups is 1. The summed E-state index contributed by atoms with van der Waals surface area (Å²) in [7, 11) is 0. The Kier molecular flexibility index (Phi) is 5.84. The molecule has 1 N–H and O–H groups in total. The molecule has 0 spiro atoms. The van der Waals surface area contributed by atoms with Gasteiger partial charge >= 0.3 is 0 Å². The van der Waals surface area contributed by atoms with Gasteiger partial charge in [-0.3, -0.25) is 4.79 Å². The molecule has 2 atom stereocenters. The van der Waals surface area contributed by atoms with Crippen LogP contribution in [0.15, 0.2) is 54.6 Å². The van der Waals surface area contributed by atoms with Crippen LogP contribution in [-0.4, -0.2) is 35.2 Å². The molecule has 3 rings (SSSR count). The van der Waals surface area contributed by atoms with Gasteiger partial charge < -0.3 is 14.7 Å². The second kappa shape index (κ2) is 8.28. The van der Waals surface area contributed by atoms with Crippen molar-refractivity contribution in [3.05, 3.63) is 71.3 Å². The number of ether oxygens (including phenoxy) is 1. The molecule has 0 radical (unpaired) electrons. The fourth-order valence-electron chi connectivity index (χ4n) is 3.18. The predicted molar refractivity (Wildman–Crippen MR) is 97.0 cm³/mol. The molecule has 0 bridgehead atoms. The zero-order valence-corrected chi connectivity index (χ0v) is 14.6. The third-order valence-corrected chi connectivity index (χ3v) is 4.65. The normalized spacial score (nSPS) is 17.6. The first-order chi connectivity index (χ1) is 12.2. The van der Waals surface area contributed by atoms with E-state index in [1.54, 1.807) is 4.90 Å². The number of hydrogen-bond donors (Lipinski definition) is 1. The van der Waals surface area contributed by atoms with Gasteiger partial charge in [0.25, 0.3) is 5.91 Å². The lowest BCUT2D eigenvalue weighted by atomic mass is 9.96. The first kappa shape index (κ1) is 17.6. The molecule has 1 aliphatic rings. The van der Waals surface area contributed by atoms with Gasteiger partial charge in [0.2, 0.25) is 0 Å². The number of hydrogen-bond acceptors (Lipinski definition) is 3. The van der Waals surface area contributed by atoms with Crippen molar-refractivity contribution >= 4 is 5.91 Å². The third kappa shape index (κ3) is 4.27. The molecule has 0 saturated heterocycles. The maximum absolute atomic E-state index is 13.2. The lowest BCUT2D eigenvalue weighted by Crippen LogP contribution is -2.41. The lowest BCUT2D eigenvalue weighted by molar-refractivity contribution is -0.147. The Morgan fingerprint density at radius 2 is 1.92 bits per heavy atom. The minimum absolute atomic E-state index is 0.0801. The number of aliphatic hydroxyl groups is 1. The largest absolute Gasteiger partial charge is 0.391 e. The van der Waals surface area contributed by atoms with Crippen molar-refractivity contribution in [2.24, 2.45) is 0 Å². The average Bonchev–Trinajstić information content (AvgIpc) is 2.67. The van der Waals surface area contributed by atoms with E-state index < -0.39 is 12.2 Å². The highest BCUT2D eigenvalue weighted by molar-refractivity contribution is 5.83. The zero-order valence-electron chi connectivity index (χ0n) is 14.6. The fraction of sp³-hybridized carbons (Fsp3) is 0.381. The first-order valence-electron chi connectivity index (χ1n) is 8.89. The van der Waals surface area contributed by atoms with Crippen LogP contribution in [0.4, 0.5) is 0 Å². The Hall–Kier alpha value is -2.17. The maximum Gasteiger partial charge on any atom is 0.256 e. The van der Waals surface area contributed by atoms with Crippen LogP contribution in [0, 0.1) is 0 Å². The molecule has 0 saturated carbocycles.